The van der Waals surface area contributed by atoms with Gasteiger partial charge in [-0.15, -0.1) is 0 Å². The van der Waals surface area contributed by atoms with E-state index in [1.807, 2.05) is 20.8 Å². The number of amides is 1. The van der Waals surface area contributed by atoms with Crippen molar-refractivity contribution in [2.45, 2.75) is 39.7 Å². The molecule has 1 atom stereocenters. The topological polar surface area (TPSA) is 66.9 Å². The molecule has 0 spiro atoms. The molecule has 1 rings (SSSR count). The van der Waals surface area contributed by atoms with E-state index in [1.54, 1.807) is 14.0 Å². The number of anilines is 1. The summed E-state index contributed by atoms with van der Waals surface area (Å²) in [5, 5.41) is 6.04. The highest BCUT2D eigenvalue weighted by atomic mass is 35.5. The molecule has 0 aromatic carbocycles. The number of carbonyl (C=O) groups is 1. The van der Waals surface area contributed by atoms with Gasteiger partial charge in [0.2, 0.25) is 5.91 Å². The van der Waals surface area contributed by atoms with E-state index in [9.17, 15) is 4.79 Å². The van der Waals surface area contributed by atoms with Crippen LogP contribution in [0.4, 0.5) is 5.82 Å². The van der Waals surface area contributed by atoms with Gasteiger partial charge in [-0.05, 0) is 13.8 Å². The molecule has 1 heterocycles. The summed E-state index contributed by atoms with van der Waals surface area (Å²) in [6.45, 7) is 7.58. The molecule has 1 aromatic rings. The maximum Gasteiger partial charge on any atom is 0.241 e. The summed E-state index contributed by atoms with van der Waals surface area (Å²) in [6, 6.07) is -0.375. The molecule has 18 heavy (non-hydrogen) atoms. The minimum Gasteiger partial charge on any atom is -0.358 e. The van der Waals surface area contributed by atoms with E-state index in [2.05, 4.69) is 20.6 Å². The van der Waals surface area contributed by atoms with Crippen LogP contribution in [0, 0.1) is 6.92 Å². The molecule has 0 saturated carbocycles. The number of carbonyl (C=O) groups excluding carboxylic acids is 1. The Morgan fingerprint density at radius 3 is 2.39 bits per heavy atom. The van der Waals surface area contributed by atoms with Crippen LogP contribution < -0.4 is 10.6 Å². The Morgan fingerprint density at radius 1 is 1.28 bits per heavy atom. The average Bonchev–Trinajstić information content (AvgIpc) is 2.33. The van der Waals surface area contributed by atoms with E-state index in [4.69, 9.17) is 11.6 Å². The zero-order chi connectivity index (χ0) is 13.9. The van der Waals surface area contributed by atoms with Gasteiger partial charge in [0.1, 0.15) is 22.8 Å². The largest absolute Gasteiger partial charge is 0.358 e. The number of likely N-dealkylation sites (N-methyl/N-ethyl adjacent to an activating group) is 1. The smallest absolute Gasteiger partial charge is 0.241 e. The maximum atomic E-state index is 11.5. The Balaban J connectivity index is 3.04. The highest BCUT2D eigenvalue weighted by Crippen LogP contribution is 2.23. The van der Waals surface area contributed by atoms with Crippen LogP contribution in [0.15, 0.2) is 0 Å². The molecule has 6 heteroatoms. The molecular weight excluding hydrogens is 252 g/mol. The fourth-order valence-corrected chi connectivity index (χ4v) is 1.57. The third-order valence-corrected chi connectivity index (χ3v) is 2.98. The highest BCUT2D eigenvalue weighted by molar-refractivity contribution is 6.30. The van der Waals surface area contributed by atoms with Crippen LogP contribution in [-0.4, -0.2) is 29.0 Å². The second-order valence-electron chi connectivity index (χ2n) is 4.48. The minimum absolute atomic E-state index is 0.102. The average molecular weight is 271 g/mol. The van der Waals surface area contributed by atoms with Crippen molar-refractivity contribution in [1.29, 1.82) is 0 Å². The van der Waals surface area contributed by atoms with Gasteiger partial charge in [0.15, 0.2) is 0 Å². The van der Waals surface area contributed by atoms with E-state index in [0.29, 0.717) is 16.8 Å². The minimum atomic E-state index is -0.375. The molecule has 0 aliphatic heterocycles. The molecule has 5 nitrogen and oxygen atoms in total. The fourth-order valence-electron chi connectivity index (χ4n) is 1.39. The van der Waals surface area contributed by atoms with Crippen molar-refractivity contribution in [3.63, 3.8) is 0 Å². The van der Waals surface area contributed by atoms with Gasteiger partial charge in [-0.25, -0.2) is 9.97 Å². The Kier molecular flexibility index (Phi) is 4.90. The predicted octanol–water partition coefficient (Wildman–Crippen LogP) is 2.11. The van der Waals surface area contributed by atoms with Crippen molar-refractivity contribution in [3.8, 4) is 0 Å². The van der Waals surface area contributed by atoms with Crippen molar-refractivity contribution in [2.24, 2.45) is 0 Å². The summed E-state index contributed by atoms with van der Waals surface area (Å²) in [7, 11) is 1.60. The number of hydrogen-bond acceptors (Lipinski definition) is 4. The number of halogens is 1. The molecule has 1 unspecified atom stereocenters. The molecule has 0 aliphatic carbocycles. The summed E-state index contributed by atoms with van der Waals surface area (Å²) in [6.07, 6.45) is 0. The Labute approximate surface area is 112 Å². The Morgan fingerprint density at radius 2 is 1.89 bits per heavy atom. The molecule has 1 amide bonds. The summed E-state index contributed by atoms with van der Waals surface area (Å²) < 4.78 is 0. The number of rotatable bonds is 4. The lowest BCUT2D eigenvalue weighted by molar-refractivity contribution is -0.121. The standard InChI is InChI=1S/C12H19ClN4O/c1-6(2)10-16-9(13)7(3)11(17-10)15-8(4)12(18)14-5/h6,8H,1-5H3,(H,14,18)(H,15,16,17). The SMILES string of the molecule is CNC(=O)C(C)Nc1nc(C(C)C)nc(Cl)c1C. The lowest BCUT2D eigenvalue weighted by Gasteiger charge is -2.16. The normalized spacial score (nSPS) is 12.4. The zero-order valence-corrected chi connectivity index (χ0v) is 12.1. The van der Waals surface area contributed by atoms with E-state index in [1.165, 1.54) is 0 Å². The third kappa shape index (κ3) is 3.32. The van der Waals surface area contributed by atoms with Crippen LogP contribution in [0.25, 0.3) is 0 Å². The van der Waals surface area contributed by atoms with Crippen LogP contribution in [0.1, 0.15) is 38.1 Å². The summed E-state index contributed by atoms with van der Waals surface area (Å²) >= 11 is 6.07. The number of nitrogens with one attached hydrogen (secondary N) is 2. The van der Waals surface area contributed by atoms with Crippen LogP contribution in [0.2, 0.25) is 5.15 Å². The van der Waals surface area contributed by atoms with Crippen molar-refractivity contribution in [1.82, 2.24) is 15.3 Å². The van der Waals surface area contributed by atoms with Gasteiger partial charge < -0.3 is 10.6 Å². The van der Waals surface area contributed by atoms with Crippen molar-refractivity contribution in [3.05, 3.63) is 16.5 Å². The van der Waals surface area contributed by atoms with E-state index >= 15 is 0 Å². The zero-order valence-electron chi connectivity index (χ0n) is 11.3. The molecule has 0 fully saturated rings. The molecule has 0 radical (unpaired) electrons. The highest BCUT2D eigenvalue weighted by Gasteiger charge is 2.16. The third-order valence-electron chi connectivity index (χ3n) is 2.61. The van der Waals surface area contributed by atoms with Crippen LogP contribution in [0.5, 0.6) is 0 Å². The first-order valence-corrected chi connectivity index (χ1v) is 6.26. The first kappa shape index (κ1) is 14.7. The number of hydrogen-bond donors (Lipinski definition) is 2. The van der Waals surface area contributed by atoms with Crippen LogP contribution >= 0.6 is 11.6 Å². The van der Waals surface area contributed by atoms with Gasteiger partial charge in [0, 0.05) is 18.5 Å². The molecular formula is C12H19ClN4O. The summed E-state index contributed by atoms with van der Waals surface area (Å²) in [4.78, 5) is 20.1. The Bertz CT molecular complexity index is 448. The predicted molar refractivity (Wildman–Crippen MR) is 73.0 cm³/mol. The van der Waals surface area contributed by atoms with Gasteiger partial charge in [-0.3, -0.25) is 4.79 Å². The number of nitrogens with zero attached hydrogens (tertiary/aromatic N) is 2. The number of aromatic nitrogens is 2. The van der Waals surface area contributed by atoms with E-state index < -0.39 is 0 Å². The van der Waals surface area contributed by atoms with Crippen LogP contribution in [0.3, 0.4) is 0 Å². The molecule has 0 bridgehead atoms. The van der Waals surface area contributed by atoms with Crippen LogP contribution in [-0.2, 0) is 4.79 Å². The van der Waals surface area contributed by atoms with Gasteiger partial charge in [0.05, 0.1) is 0 Å². The molecule has 1 aromatic heterocycles. The van der Waals surface area contributed by atoms with Crippen molar-refractivity contribution in [2.75, 3.05) is 12.4 Å². The lowest BCUT2D eigenvalue weighted by atomic mass is 10.2. The molecule has 100 valence electrons. The fraction of sp³-hybridized carbons (Fsp3) is 0.583. The first-order chi connectivity index (χ1) is 8.36. The van der Waals surface area contributed by atoms with E-state index in [0.717, 1.165) is 5.56 Å². The monoisotopic (exact) mass is 270 g/mol. The van der Waals surface area contributed by atoms with Gasteiger partial charge >= 0.3 is 0 Å². The molecule has 2 N–H and O–H groups in total. The quantitative estimate of drug-likeness (QED) is 0.823. The second kappa shape index (κ2) is 6.00. The van der Waals surface area contributed by atoms with Crippen molar-refractivity contribution < 1.29 is 4.79 Å². The molecule has 0 saturated heterocycles. The van der Waals surface area contributed by atoms with E-state index in [-0.39, 0.29) is 17.9 Å². The molecule has 0 aliphatic rings. The van der Waals surface area contributed by atoms with Gasteiger partial charge in [0.25, 0.3) is 0 Å². The van der Waals surface area contributed by atoms with Crippen molar-refractivity contribution >= 4 is 23.3 Å². The summed E-state index contributed by atoms with van der Waals surface area (Å²) in [5.41, 5.74) is 0.747. The summed E-state index contributed by atoms with van der Waals surface area (Å²) in [5.74, 6) is 1.35. The van der Waals surface area contributed by atoms with Gasteiger partial charge in [-0.2, -0.15) is 0 Å². The maximum absolute atomic E-state index is 11.5. The first-order valence-electron chi connectivity index (χ1n) is 5.89. The lowest BCUT2D eigenvalue weighted by Crippen LogP contribution is -2.35. The van der Waals surface area contributed by atoms with Gasteiger partial charge in [-0.1, -0.05) is 25.4 Å². The Hall–Kier alpha value is -1.36. The second-order valence-corrected chi connectivity index (χ2v) is 4.84.